The Balaban J connectivity index is 2.13. The molecule has 0 aromatic rings. The summed E-state index contributed by atoms with van der Waals surface area (Å²) in [6.07, 6.45) is 5.87. The lowest BCUT2D eigenvalue weighted by Gasteiger charge is -2.38. The molecule has 1 aliphatic heterocycles. The van der Waals surface area contributed by atoms with Crippen LogP contribution in [0.15, 0.2) is 0 Å². The molecule has 1 heteroatoms. The van der Waals surface area contributed by atoms with Crippen LogP contribution >= 0.6 is 0 Å². The summed E-state index contributed by atoms with van der Waals surface area (Å²) >= 11 is 0. The van der Waals surface area contributed by atoms with Crippen molar-refractivity contribution in [3.63, 3.8) is 0 Å². The Labute approximate surface area is 82.5 Å². The van der Waals surface area contributed by atoms with E-state index in [-0.39, 0.29) is 0 Å². The monoisotopic (exact) mass is 181 g/mol. The Kier molecular flexibility index (Phi) is 1.99. The second kappa shape index (κ2) is 2.73. The van der Waals surface area contributed by atoms with Crippen LogP contribution in [-0.2, 0) is 0 Å². The molecule has 0 amide bonds. The van der Waals surface area contributed by atoms with E-state index >= 15 is 0 Å². The Morgan fingerprint density at radius 2 is 1.77 bits per heavy atom. The van der Waals surface area contributed by atoms with Gasteiger partial charge >= 0.3 is 0 Å². The van der Waals surface area contributed by atoms with Gasteiger partial charge in [-0.2, -0.15) is 0 Å². The summed E-state index contributed by atoms with van der Waals surface area (Å²) in [6.45, 7) is 10.9. The van der Waals surface area contributed by atoms with Crippen molar-refractivity contribution in [2.75, 3.05) is 6.54 Å². The van der Waals surface area contributed by atoms with E-state index in [1.165, 1.54) is 32.2 Å². The largest absolute Gasteiger partial charge is 0.295 e. The maximum absolute atomic E-state index is 2.70. The van der Waals surface area contributed by atoms with Gasteiger partial charge < -0.3 is 0 Å². The summed E-state index contributed by atoms with van der Waals surface area (Å²) in [5.74, 6) is 0. The average Bonchev–Trinajstić information content (AvgIpc) is 2.20. The minimum absolute atomic E-state index is 0.453. The molecule has 2 fully saturated rings. The lowest BCUT2D eigenvalue weighted by molar-refractivity contribution is 0.115. The van der Waals surface area contributed by atoms with Crippen molar-refractivity contribution in [3.8, 4) is 0 Å². The van der Waals surface area contributed by atoms with E-state index in [0.717, 1.165) is 11.5 Å². The predicted octanol–water partition coefficient (Wildman–Crippen LogP) is 3.05. The molecule has 0 aromatic carbocycles. The zero-order valence-corrected chi connectivity index (χ0v) is 9.56. The number of nitrogens with zero attached hydrogens (tertiary/aromatic N) is 1. The fourth-order valence-corrected chi connectivity index (χ4v) is 3.54. The SMILES string of the molecule is CC(C)N1CC2(CCC2)CC1(C)C. The number of likely N-dealkylation sites (tertiary alicyclic amines) is 1. The Morgan fingerprint density at radius 3 is 2.00 bits per heavy atom. The van der Waals surface area contributed by atoms with Crippen LogP contribution in [0.2, 0.25) is 0 Å². The van der Waals surface area contributed by atoms with E-state index in [2.05, 4.69) is 32.6 Å². The van der Waals surface area contributed by atoms with E-state index in [9.17, 15) is 0 Å². The van der Waals surface area contributed by atoms with E-state index in [1.54, 1.807) is 0 Å². The molecule has 1 nitrogen and oxygen atoms in total. The van der Waals surface area contributed by atoms with Crippen molar-refractivity contribution in [3.05, 3.63) is 0 Å². The summed E-state index contributed by atoms with van der Waals surface area (Å²) in [6, 6.07) is 0.718. The van der Waals surface area contributed by atoms with Crippen LogP contribution in [0.1, 0.15) is 53.4 Å². The van der Waals surface area contributed by atoms with Gasteiger partial charge in [-0.3, -0.25) is 4.90 Å². The highest BCUT2D eigenvalue weighted by Gasteiger charge is 2.51. The van der Waals surface area contributed by atoms with Gasteiger partial charge in [0.1, 0.15) is 0 Å². The van der Waals surface area contributed by atoms with Gasteiger partial charge in [-0.25, -0.2) is 0 Å². The molecule has 0 unspecified atom stereocenters. The van der Waals surface area contributed by atoms with Gasteiger partial charge in [-0.1, -0.05) is 6.42 Å². The highest BCUT2D eigenvalue weighted by molar-refractivity contribution is 5.05. The maximum Gasteiger partial charge on any atom is 0.0161 e. The molecule has 0 radical (unpaired) electrons. The van der Waals surface area contributed by atoms with E-state index in [0.29, 0.717) is 5.54 Å². The lowest BCUT2D eigenvalue weighted by Crippen LogP contribution is -2.43. The Morgan fingerprint density at radius 1 is 1.15 bits per heavy atom. The molecule has 13 heavy (non-hydrogen) atoms. The number of hydrogen-bond donors (Lipinski definition) is 0. The third-order valence-electron chi connectivity index (χ3n) is 4.13. The van der Waals surface area contributed by atoms with Crippen molar-refractivity contribution in [1.82, 2.24) is 4.90 Å². The second-order valence-electron chi connectivity index (χ2n) is 6.06. The average molecular weight is 181 g/mol. The van der Waals surface area contributed by atoms with Gasteiger partial charge in [-0.15, -0.1) is 0 Å². The molecule has 1 saturated heterocycles. The summed E-state index contributed by atoms with van der Waals surface area (Å²) < 4.78 is 0. The van der Waals surface area contributed by atoms with E-state index in [4.69, 9.17) is 0 Å². The summed E-state index contributed by atoms with van der Waals surface area (Å²) in [5.41, 5.74) is 1.18. The quantitative estimate of drug-likeness (QED) is 0.601. The zero-order valence-electron chi connectivity index (χ0n) is 9.56. The number of rotatable bonds is 1. The van der Waals surface area contributed by atoms with Crippen LogP contribution < -0.4 is 0 Å². The summed E-state index contributed by atoms with van der Waals surface area (Å²) in [7, 11) is 0. The zero-order chi connectivity index (χ0) is 9.69. The lowest BCUT2D eigenvalue weighted by atomic mass is 9.66. The molecule has 0 N–H and O–H groups in total. The predicted molar refractivity (Wildman–Crippen MR) is 56.8 cm³/mol. The van der Waals surface area contributed by atoms with E-state index in [1.807, 2.05) is 0 Å². The van der Waals surface area contributed by atoms with Crippen LogP contribution in [0.5, 0.6) is 0 Å². The van der Waals surface area contributed by atoms with Crippen molar-refractivity contribution in [1.29, 1.82) is 0 Å². The fraction of sp³-hybridized carbons (Fsp3) is 1.00. The maximum atomic E-state index is 2.70. The van der Waals surface area contributed by atoms with Crippen LogP contribution in [0.25, 0.3) is 0 Å². The molecule has 2 aliphatic rings. The van der Waals surface area contributed by atoms with Gasteiger partial charge in [0.25, 0.3) is 0 Å². The summed E-state index contributed by atoms with van der Waals surface area (Å²) in [4.78, 5) is 2.70. The normalized spacial score (nSPS) is 31.2. The van der Waals surface area contributed by atoms with Crippen molar-refractivity contribution in [2.24, 2.45) is 5.41 Å². The van der Waals surface area contributed by atoms with E-state index < -0.39 is 0 Å². The van der Waals surface area contributed by atoms with Crippen molar-refractivity contribution >= 4 is 0 Å². The minimum atomic E-state index is 0.453. The smallest absolute Gasteiger partial charge is 0.0161 e. The summed E-state index contributed by atoms with van der Waals surface area (Å²) in [5, 5.41) is 0. The molecule has 76 valence electrons. The van der Waals surface area contributed by atoms with Gasteiger partial charge in [0, 0.05) is 18.1 Å². The molecule has 0 atom stereocenters. The first kappa shape index (κ1) is 9.51. The fourth-order valence-electron chi connectivity index (χ4n) is 3.54. The molecule has 0 aromatic heterocycles. The van der Waals surface area contributed by atoms with Gasteiger partial charge in [0.15, 0.2) is 0 Å². The molecule has 1 aliphatic carbocycles. The standard InChI is InChI=1S/C12H23N/c1-10(2)13-9-12(6-5-7-12)8-11(13,3)4/h10H,5-9H2,1-4H3. The highest BCUT2D eigenvalue weighted by Crippen LogP contribution is 2.54. The van der Waals surface area contributed by atoms with Crippen molar-refractivity contribution in [2.45, 2.75) is 65.0 Å². The molecule has 0 bridgehead atoms. The first-order valence-corrected chi connectivity index (χ1v) is 5.72. The van der Waals surface area contributed by atoms with Crippen LogP contribution in [0.3, 0.4) is 0 Å². The highest BCUT2D eigenvalue weighted by atomic mass is 15.2. The molecule has 1 heterocycles. The molecular weight excluding hydrogens is 158 g/mol. The van der Waals surface area contributed by atoms with Crippen LogP contribution in [0.4, 0.5) is 0 Å². The molecular formula is C12H23N. The second-order valence-corrected chi connectivity index (χ2v) is 6.06. The van der Waals surface area contributed by atoms with Gasteiger partial charge in [0.2, 0.25) is 0 Å². The Bertz CT molecular complexity index is 201. The first-order valence-electron chi connectivity index (χ1n) is 5.72. The van der Waals surface area contributed by atoms with Gasteiger partial charge in [-0.05, 0) is 52.4 Å². The Hall–Kier alpha value is -0.0400. The number of hydrogen-bond acceptors (Lipinski definition) is 1. The topological polar surface area (TPSA) is 3.24 Å². The van der Waals surface area contributed by atoms with Crippen LogP contribution in [0, 0.1) is 5.41 Å². The molecule has 1 spiro atoms. The first-order chi connectivity index (χ1) is 5.95. The molecule has 1 saturated carbocycles. The van der Waals surface area contributed by atoms with Crippen LogP contribution in [-0.4, -0.2) is 23.0 Å². The minimum Gasteiger partial charge on any atom is -0.295 e. The van der Waals surface area contributed by atoms with Crippen molar-refractivity contribution < 1.29 is 0 Å². The molecule has 2 rings (SSSR count). The third-order valence-corrected chi connectivity index (χ3v) is 4.13. The third kappa shape index (κ3) is 1.41. The van der Waals surface area contributed by atoms with Gasteiger partial charge in [0.05, 0.1) is 0 Å².